The van der Waals surface area contributed by atoms with Crippen molar-refractivity contribution in [1.82, 2.24) is 24.8 Å². The maximum atomic E-state index is 13.3. The number of pyridine rings is 1. The second-order valence-corrected chi connectivity index (χ2v) is 8.96. The molecular weight excluding hydrogens is 446 g/mol. The van der Waals surface area contributed by atoms with Crippen LogP contribution in [0, 0.1) is 0 Å². The number of H-pyrrole nitrogens is 1. The molecule has 9 heteroatoms. The van der Waals surface area contributed by atoms with E-state index in [2.05, 4.69) is 9.97 Å². The predicted octanol–water partition coefficient (Wildman–Crippen LogP) is 2.73. The number of hydroxylamine groups is 2. The van der Waals surface area contributed by atoms with Crippen molar-refractivity contribution in [3.63, 3.8) is 0 Å². The molecule has 1 unspecified atom stereocenters. The summed E-state index contributed by atoms with van der Waals surface area (Å²) in [5, 5.41) is 1.65. The molecule has 0 radical (unpaired) electrons. The highest BCUT2D eigenvalue weighted by atomic mass is 16.7. The largest absolute Gasteiger partial charge is 0.359 e. The maximum Gasteiger partial charge on any atom is 0.295 e. The van der Waals surface area contributed by atoms with Crippen LogP contribution in [0.4, 0.5) is 0 Å². The summed E-state index contributed by atoms with van der Waals surface area (Å²) in [5.41, 5.74) is 3.82. The fourth-order valence-corrected chi connectivity index (χ4v) is 4.82. The van der Waals surface area contributed by atoms with Gasteiger partial charge in [-0.3, -0.25) is 29.3 Å². The molecule has 2 aliphatic rings. The van der Waals surface area contributed by atoms with Gasteiger partial charge in [-0.25, -0.2) is 0 Å². The van der Waals surface area contributed by atoms with E-state index in [0.717, 1.165) is 11.1 Å². The third kappa shape index (κ3) is 4.08. The van der Waals surface area contributed by atoms with Crippen LogP contribution in [-0.2, 0) is 9.63 Å². The minimum atomic E-state index is -0.614. The molecule has 4 heterocycles. The summed E-state index contributed by atoms with van der Waals surface area (Å²) in [6.07, 6.45) is 4.93. The van der Waals surface area contributed by atoms with Gasteiger partial charge >= 0.3 is 0 Å². The zero-order valence-electron chi connectivity index (χ0n) is 19.9. The van der Waals surface area contributed by atoms with Gasteiger partial charge < -0.3 is 14.8 Å². The Labute approximate surface area is 202 Å². The Kier molecular flexibility index (Phi) is 5.86. The first kappa shape index (κ1) is 22.8. The van der Waals surface area contributed by atoms with Gasteiger partial charge in [0.05, 0.1) is 16.6 Å². The van der Waals surface area contributed by atoms with E-state index in [1.165, 1.54) is 0 Å². The van der Waals surface area contributed by atoms with Crippen molar-refractivity contribution < 1.29 is 19.2 Å². The Morgan fingerprint density at radius 3 is 2.54 bits per heavy atom. The second-order valence-electron chi connectivity index (χ2n) is 8.96. The van der Waals surface area contributed by atoms with Gasteiger partial charge in [0.2, 0.25) is 0 Å². The van der Waals surface area contributed by atoms with Crippen LogP contribution in [-0.4, -0.2) is 81.3 Å². The molecule has 5 rings (SSSR count). The SMILES string of the molecule is CC1CN(C(=O)c2ccccc2)CCN1C(=O)C(=O)c1c[nH]c2c(C3=CN(C)O[C@@H]3C)ccnc12. The molecule has 1 fully saturated rings. The molecule has 35 heavy (non-hydrogen) atoms. The van der Waals surface area contributed by atoms with Crippen molar-refractivity contribution in [1.29, 1.82) is 0 Å². The number of carbonyl (C=O) groups is 3. The summed E-state index contributed by atoms with van der Waals surface area (Å²) in [6, 6.07) is 10.6. The van der Waals surface area contributed by atoms with Crippen LogP contribution >= 0.6 is 0 Å². The monoisotopic (exact) mass is 473 g/mol. The number of benzene rings is 1. The molecule has 1 N–H and O–H groups in total. The molecular formula is C26H27N5O4. The maximum absolute atomic E-state index is 13.3. The zero-order chi connectivity index (χ0) is 24.7. The summed E-state index contributed by atoms with van der Waals surface area (Å²) in [5.74, 6) is -1.28. The number of aromatic amines is 1. The fourth-order valence-electron chi connectivity index (χ4n) is 4.82. The van der Waals surface area contributed by atoms with Crippen LogP contribution in [0.1, 0.15) is 40.1 Å². The molecule has 1 saturated heterocycles. The average molecular weight is 474 g/mol. The normalized spacial score (nSPS) is 20.3. The van der Waals surface area contributed by atoms with Crippen molar-refractivity contribution >= 4 is 34.2 Å². The minimum Gasteiger partial charge on any atom is -0.359 e. The van der Waals surface area contributed by atoms with E-state index < -0.39 is 11.7 Å². The minimum absolute atomic E-state index is 0.0747. The first-order valence-electron chi connectivity index (χ1n) is 11.6. The highest BCUT2D eigenvalue weighted by Crippen LogP contribution is 2.32. The topological polar surface area (TPSA) is 98.8 Å². The Morgan fingerprint density at radius 2 is 1.86 bits per heavy atom. The fraction of sp³-hybridized carbons (Fsp3) is 0.308. The molecule has 0 saturated carbocycles. The number of nitrogens with one attached hydrogen (secondary N) is 1. The van der Waals surface area contributed by atoms with Crippen LogP contribution in [0.25, 0.3) is 16.6 Å². The van der Waals surface area contributed by atoms with Gasteiger partial charge in [-0.15, -0.1) is 0 Å². The first-order chi connectivity index (χ1) is 16.8. The molecule has 3 aromatic rings. The van der Waals surface area contributed by atoms with E-state index in [1.54, 1.807) is 39.4 Å². The Balaban J connectivity index is 1.34. The van der Waals surface area contributed by atoms with Gasteiger partial charge in [-0.1, -0.05) is 18.2 Å². The number of piperazine rings is 1. The van der Waals surface area contributed by atoms with Crippen molar-refractivity contribution in [2.24, 2.45) is 0 Å². The average Bonchev–Trinajstić information content (AvgIpc) is 3.45. The number of nitrogens with zero attached hydrogens (tertiary/aromatic N) is 4. The highest BCUT2D eigenvalue weighted by molar-refractivity contribution is 6.44. The highest BCUT2D eigenvalue weighted by Gasteiger charge is 2.35. The molecule has 2 amide bonds. The second kappa shape index (κ2) is 8.99. The Morgan fingerprint density at radius 1 is 1.09 bits per heavy atom. The lowest BCUT2D eigenvalue weighted by Crippen LogP contribution is -2.56. The van der Waals surface area contributed by atoms with E-state index in [4.69, 9.17) is 4.84 Å². The molecule has 0 aliphatic carbocycles. The number of aromatic nitrogens is 2. The summed E-state index contributed by atoms with van der Waals surface area (Å²) in [4.78, 5) is 55.8. The lowest BCUT2D eigenvalue weighted by Gasteiger charge is -2.39. The van der Waals surface area contributed by atoms with Crippen molar-refractivity contribution in [3.05, 3.63) is 71.7 Å². The molecule has 0 spiro atoms. The van der Waals surface area contributed by atoms with Gasteiger partial charge in [0.1, 0.15) is 6.10 Å². The van der Waals surface area contributed by atoms with Crippen molar-refractivity contribution in [2.75, 3.05) is 26.7 Å². The van der Waals surface area contributed by atoms with Gasteiger partial charge in [0.25, 0.3) is 17.6 Å². The molecule has 9 nitrogen and oxygen atoms in total. The molecule has 2 aliphatic heterocycles. The summed E-state index contributed by atoms with van der Waals surface area (Å²) in [7, 11) is 1.82. The van der Waals surface area contributed by atoms with Gasteiger partial charge in [0, 0.05) is 68.0 Å². The van der Waals surface area contributed by atoms with Crippen molar-refractivity contribution in [3.8, 4) is 0 Å². The smallest absolute Gasteiger partial charge is 0.295 e. The molecule has 180 valence electrons. The van der Waals surface area contributed by atoms with Crippen LogP contribution in [0.15, 0.2) is 55.0 Å². The number of ketones is 1. The molecule has 2 aromatic heterocycles. The predicted molar refractivity (Wildman–Crippen MR) is 130 cm³/mol. The van der Waals surface area contributed by atoms with E-state index in [-0.39, 0.29) is 23.6 Å². The van der Waals surface area contributed by atoms with Crippen LogP contribution in [0.5, 0.6) is 0 Å². The van der Waals surface area contributed by atoms with E-state index in [1.807, 2.05) is 51.4 Å². The van der Waals surface area contributed by atoms with E-state index in [0.29, 0.717) is 36.2 Å². The number of amides is 2. The van der Waals surface area contributed by atoms with E-state index in [9.17, 15) is 14.4 Å². The van der Waals surface area contributed by atoms with Crippen LogP contribution in [0.3, 0.4) is 0 Å². The van der Waals surface area contributed by atoms with Gasteiger partial charge in [-0.2, -0.15) is 0 Å². The summed E-state index contributed by atoms with van der Waals surface area (Å²) >= 11 is 0. The van der Waals surface area contributed by atoms with E-state index >= 15 is 0 Å². The van der Waals surface area contributed by atoms with Gasteiger partial charge in [-0.05, 0) is 32.0 Å². The van der Waals surface area contributed by atoms with Gasteiger partial charge in [0.15, 0.2) is 0 Å². The Hall–Kier alpha value is -3.98. The third-order valence-electron chi connectivity index (χ3n) is 6.60. The molecule has 1 aromatic carbocycles. The molecule has 2 atom stereocenters. The lowest BCUT2D eigenvalue weighted by atomic mass is 10.0. The number of carbonyl (C=O) groups excluding carboxylic acids is 3. The quantitative estimate of drug-likeness (QED) is 0.462. The number of hydrogen-bond donors (Lipinski definition) is 1. The number of hydrogen-bond acceptors (Lipinski definition) is 6. The zero-order valence-corrected chi connectivity index (χ0v) is 19.9. The lowest BCUT2D eigenvalue weighted by molar-refractivity contribution is -0.130. The third-order valence-corrected chi connectivity index (χ3v) is 6.60. The number of fused-ring (bicyclic) bond motifs is 1. The first-order valence-corrected chi connectivity index (χ1v) is 11.6. The van der Waals surface area contributed by atoms with Crippen molar-refractivity contribution in [2.45, 2.75) is 26.0 Å². The Bertz CT molecular complexity index is 1330. The number of rotatable bonds is 4. The number of Topliss-reactive ketones (excluding diaryl/α,β-unsaturated/α-hetero) is 1. The standard InChI is InChI=1S/C26H27N5O4/c1-16-14-30(25(33)18-7-5-4-6-8-18)11-12-31(16)26(34)24(32)20-13-28-22-19(9-10-27-23(20)22)21-15-29(3)35-17(21)2/h4-10,13,15-17,28H,11-12,14H2,1-3H3/t16?,17-/m1/s1. The molecule has 0 bridgehead atoms. The van der Waals surface area contributed by atoms with Crippen LogP contribution < -0.4 is 0 Å². The summed E-state index contributed by atoms with van der Waals surface area (Å²) < 4.78 is 0. The van der Waals surface area contributed by atoms with Crippen LogP contribution in [0.2, 0.25) is 0 Å². The summed E-state index contributed by atoms with van der Waals surface area (Å²) in [6.45, 7) is 4.82.